The van der Waals surface area contributed by atoms with E-state index in [1.807, 2.05) is 0 Å². The number of anilines is 1. The van der Waals surface area contributed by atoms with Crippen molar-refractivity contribution in [3.05, 3.63) is 5.69 Å². The van der Waals surface area contributed by atoms with Crippen molar-refractivity contribution in [2.24, 2.45) is 0 Å². The highest BCUT2D eigenvalue weighted by Crippen LogP contribution is 2.31. The van der Waals surface area contributed by atoms with Gasteiger partial charge in [0.25, 0.3) is 0 Å². The van der Waals surface area contributed by atoms with Crippen molar-refractivity contribution in [1.82, 2.24) is 15.4 Å². The van der Waals surface area contributed by atoms with Gasteiger partial charge in [-0.05, 0) is 0 Å². The average molecular weight is 180 g/mol. The number of hydrogen-bond donors (Lipinski definition) is 2. The van der Waals surface area contributed by atoms with Crippen LogP contribution in [-0.2, 0) is 11.0 Å². The number of halogens is 3. The van der Waals surface area contributed by atoms with Crippen LogP contribution in [0.25, 0.3) is 0 Å². The summed E-state index contributed by atoms with van der Waals surface area (Å²) in [7, 11) is 0. The zero-order chi connectivity index (χ0) is 9.19. The third-order valence-corrected chi connectivity index (χ3v) is 1.01. The van der Waals surface area contributed by atoms with E-state index in [1.54, 1.807) is 10.5 Å². The zero-order valence-electron chi connectivity index (χ0n) is 5.51. The molecule has 0 aromatic carbocycles. The van der Waals surface area contributed by atoms with Crippen LogP contribution in [0, 0.1) is 0 Å². The minimum Gasteiger partial charge on any atom is -0.310 e. The van der Waals surface area contributed by atoms with Crippen LogP contribution in [0.5, 0.6) is 0 Å². The number of nitrogens with one attached hydrogen (secondary N) is 2. The van der Waals surface area contributed by atoms with Crippen LogP contribution in [0.4, 0.5) is 19.0 Å². The van der Waals surface area contributed by atoms with Gasteiger partial charge in [0.2, 0.25) is 12.1 Å². The van der Waals surface area contributed by atoms with Gasteiger partial charge in [-0.15, -0.1) is 10.2 Å². The minimum absolute atomic E-state index is 0.0904. The maximum absolute atomic E-state index is 11.9. The van der Waals surface area contributed by atoms with E-state index in [1.165, 1.54) is 0 Å². The predicted octanol–water partition coefficient (Wildman–Crippen LogP) is 0.392. The molecule has 1 aromatic heterocycles. The lowest BCUT2D eigenvalue weighted by molar-refractivity contribution is -0.140. The number of hydrogen-bond acceptors (Lipinski definition) is 3. The van der Waals surface area contributed by atoms with Crippen LogP contribution in [0.2, 0.25) is 0 Å². The minimum atomic E-state index is -4.61. The van der Waals surface area contributed by atoms with E-state index in [0.29, 0.717) is 0 Å². The van der Waals surface area contributed by atoms with Gasteiger partial charge < -0.3 is 5.32 Å². The Kier molecular flexibility index (Phi) is 1.98. The highest BCUT2D eigenvalue weighted by Gasteiger charge is 2.37. The molecule has 5 nitrogen and oxygen atoms in total. The molecule has 0 aliphatic heterocycles. The Morgan fingerprint density at radius 2 is 2.08 bits per heavy atom. The number of alkyl halides is 3. The summed E-state index contributed by atoms with van der Waals surface area (Å²) in [5.41, 5.74) is -1.24. The molecular weight excluding hydrogens is 177 g/mol. The molecule has 12 heavy (non-hydrogen) atoms. The molecule has 0 atom stereocenters. The second-order valence-corrected chi connectivity index (χ2v) is 1.78. The third-order valence-electron chi connectivity index (χ3n) is 1.01. The van der Waals surface area contributed by atoms with Gasteiger partial charge >= 0.3 is 6.18 Å². The monoisotopic (exact) mass is 180 g/mol. The molecule has 2 N–H and O–H groups in total. The van der Waals surface area contributed by atoms with Gasteiger partial charge in [-0.3, -0.25) is 4.79 Å². The normalized spacial score (nSPS) is 11.2. The number of aromatic amines is 1. The van der Waals surface area contributed by atoms with Crippen LogP contribution < -0.4 is 5.32 Å². The van der Waals surface area contributed by atoms with E-state index >= 15 is 0 Å². The van der Waals surface area contributed by atoms with Crippen molar-refractivity contribution >= 4 is 12.2 Å². The summed E-state index contributed by atoms with van der Waals surface area (Å²) in [6, 6.07) is 0. The van der Waals surface area contributed by atoms with Crippen LogP contribution in [0.15, 0.2) is 0 Å². The number of nitrogens with zero attached hydrogens (tertiary/aromatic N) is 2. The predicted molar refractivity (Wildman–Crippen MR) is 31.1 cm³/mol. The smallest absolute Gasteiger partial charge is 0.310 e. The van der Waals surface area contributed by atoms with E-state index in [0.717, 1.165) is 0 Å². The summed E-state index contributed by atoms with van der Waals surface area (Å²) in [4.78, 5) is 9.79. The Bertz CT molecular complexity index is 280. The molecule has 1 amide bonds. The van der Waals surface area contributed by atoms with Crippen LogP contribution >= 0.6 is 0 Å². The van der Waals surface area contributed by atoms with E-state index < -0.39 is 17.7 Å². The number of aromatic nitrogens is 3. The average Bonchev–Trinajstić information content (AvgIpc) is 2.34. The van der Waals surface area contributed by atoms with Gasteiger partial charge in [0, 0.05) is 0 Å². The fraction of sp³-hybridized carbons (Fsp3) is 0.250. The molecule has 0 saturated carbocycles. The van der Waals surface area contributed by atoms with Crippen molar-refractivity contribution in [1.29, 1.82) is 0 Å². The molecule has 0 fully saturated rings. The maximum Gasteiger partial charge on any atom is 0.438 e. The van der Waals surface area contributed by atoms with Crippen LogP contribution in [0.1, 0.15) is 5.69 Å². The molecule has 1 heterocycles. The highest BCUT2D eigenvalue weighted by molar-refractivity contribution is 5.69. The van der Waals surface area contributed by atoms with Crippen molar-refractivity contribution in [3.63, 3.8) is 0 Å². The largest absolute Gasteiger partial charge is 0.438 e. The number of carbonyl (C=O) groups excluding carboxylic acids is 1. The molecule has 0 saturated heterocycles. The van der Waals surface area contributed by atoms with Gasteiger partial charge in [0.1, 0.15) is 0 Å². The van der Waals surface area contributed by atoms with E-state index in [9.17, 15) is 18.0 Å². The van der Waals surface area contributed by atoms with Crippen molar-refractivity contribution < 1.29 is 18.0 Å². The molecule has 1 aromatic rings. The first-order valence-corrected chi connectivity index (χ1v) is 2.74. The Morgan fingerprint density at radius 3 is 2.58 bits per heavy atom. The lowest BCUT2D eigenvalue weighted by atomic mass is 10.4. The molecule has 0 aliphatic carbocycles. The Balaban J connectivity index is 2.99. The van der Waals surface area contributed by atoms with Gasteiger partial charge in [0.05, 0.1) is 0 Å². The van der Waals surface area contributed by atoms with Crippen molar-refractivity contribution in [3.8, 4) is 0 Å². The Labute approximate surface area is 64.0 Å². The van der Waals surface area contributed by atoms with E-state index in [2.05, 4.69) is 10.2 Å². The molecule has 0 bridgehead atoms. The van der Waals surface area contributed by atoms with Crippen molar-refractivity contribution in [2.75, 3.05) is 5.32 Å². The van der Waals surface area contributed by atoms with Gasteiger partial charge in [-0.25, -0.2) is 0 Å². The number of rotatable bonds is 2. The molecule has 0 spiro atoms. The summed E-state index contributed by atoms with van der Waals surface area (Å²) in [5, 5.41) is 9.40. The first-order valence-electron chi connectivity index (χ1n) is 2.74. The van der Waals surface area contributed by atoms with Gasteiger partial charge in [-0.2, -0.15) is 18.4 Å². The molecule has 66 valence electrons. The second kappa shape index (κ2) is 2.80. The van der Waals surface area contributed by atoms with Gasteiger partial charge in [0.15, 0.2) is 5.82 Å². The molecular formula is C4H3F3N4O. The zero-order valence-corrected chi connectivity index (χ0v) is 5.51. The van der Waals surface area contributed by atoms with Crippen LogP contribution in [-0.4, -0.2) is 21.8 Å². The molecule has 1 rings (SSSR count). The topological polar surface area (TPSA) is 70.7 Å². The third kappa shape index (κ3) is 1.52. The number of H-pyrrole nitrogens is 1. The summed E-state index contributed by atoms with van der Waals surface area (Å²) < 4.78 is 35.8. The quantitative estimate of drug-likeness (QED) is 0.646. The van der Waals surface area contributed by atoms with Crippen LogP contribution in [0.3, 0.4) is 0 Å². The standard InChI is InChI=1S/C4H3F3N4O/c5-4(6,7)2-3(8-1-12)10-11-9-2/h1H,(H2,8,9,10,11,12). The number of carbonyl (C=O) groups is 1. The fourth-order valence-electron chi connectivity index (χ4n) is 0.585. The van der Waals surface area contributed by atoms with E-state index in [4.69, 9.17) is 0 Å². The molecule has 0 aliphatic rings. The SMILES string of the molecule is O=CNc1n[nH]nc1C(F)(F)F. The van der Waals surface area contributed by atoms with Gasteiger partial charge in [-0.1, -0.05) is 0 Å². The summed E-state index contributed by atoms with van der Waals surface area (Å²) in [5.74, 6) is -0.627. The summed E-state index contributed by atoms with van der Waals surface area (Å²) >= 11 is 0. The Hall–Kier alpha value is -1.60. The Morgan fingerprint density at radius 1 is 1.42 bits per heavy atom. The summed E-state index contributed by atoms with van der Waals surface area (Å²) in [6.07, 6.45) is -4.52. The molecule has 0 radical (unpaired) electrons. The van der Waals surface area contributed by atoms with Crippen molar-refractivity contribution in [2.45, 2.75) is 6.18 Å². The highest BCUT2D eigenvalue weighted by atomic mass is 19.4. The van der Waals surface area contributed by atoms with E-state index in [-0.39, 0.29) is 6.41 Å². The first kappa shape index (κ1) is 8.50. The summed E-state index contributed by atoms with van der Waals surface area (Å²) in [6.45, 7) is 0. The fourth-order valence-corrected chi connectivity index (χ4v) is 0.585. The molecule has 0 unspecified atom stereocenters. The molecule has 8 heteroatoms. The lowest BCUT2D eigenvalue weighted by Gasteiger charge is -2.01. The number of amides is 1. The maximum atomic E-state index is 11.9. The first-order chi connectivity index (χ1) is 5.55. The second-order valence-electron chi connectivity index (χ2n) is 1.78. The lowest BCUT2D eigenvalue weighted by Crippen LogP contribution is -2.09.